The Morgan fingerprint density at radius 1 is 1.26 bits per heavy atom. The summed E-state index contributed by atoms with van der Waals surface area (Å²) >= 11 is 0. The van der Waals surface area contributed by atoms with Crippen molar-refractivity contribution in [3.05, 3.63) is 35.4 Å². The maximum Gasteiger partial charge on any atom is 0.406 e. The van der Waals surface area contributed by atoms with Crippen LogP contribution in [-0.2, 0) is 6.42 Å². The van der Waals surface area contributed by atoms with Crippen LogP contribution in [0.15, 0.2) is 24.3 Å². The summed E-state index contributed by atoms with van der Waals surface area (Å²) in [6.07, 6.45) is -3.69. The van der Waals surface area contributed by atoms with Crippen LogP contribution in [0.3, 0.4) is 0 Å². The number of nitrogens with zero attached hydrogens (tertiary/aromatic N) is 1. The lowest BCUT2D eigenvalue weighted by Gasteiger charge is -2.23. The van der Waals surface area contributed by atoms with Gasteiger partial charge in [0, 0.05) is 12.1 Å². The van der Waals surface area contributed by atoms with E-state index in [0.717, 1.165) is 12.0 Å². The number of aryl methyl sites for hydroxylation is 1. The van der Waals surface area contributed by atoms with E-state index in [9.17, 15) is 18.0 Å². The van der Waals surface area contributed by atoms with Gasteiger partial charge in [-0.25, -0.2) is 0 Å². The minimum atomic E-state index is -4.48. The maximum atomic E-state index is 12.3. The molecule has 106 valence electrons. The van der Waals surface area contributed by atoms with Gasteiger partial charge in [-0.1, -0.05) is 19.1 Å². The van der Waals surface area contributed by atoms with Gasteiger partial charge < -0.3 is 10.0 Å². The molecule has 1 aromatic carbocycles. The lowest BCUT2D eigenvalue weighted by molar-refractivity contribution is -0.141. The van der Waals surface area contributed by atoms with Crippen molar-refractivity contribution in [3.8, 4) is 0 Å². The molecule has 0 aliphatic carbocycles. The number of amides is 1. The second-order valence-electron chi connectivity index (χ2n) is 4.12. The molecule has 0 aliphatic heterocycles. The zero-order valence-corrected chi connectivity index (χ0v) is 10.6. The van der Waals surface area contributed by atoms with E-state index < -0.39 is 25.2 Å². The number of carbonyl (C=O) groups excluding carboxylic acids is 1. The number of alkyl halides is 3. The molecule has 0 bridgehead atoms. The van der Waals surface area contributed by atoms with Gasteiger partial charge in [0.25, 0.3) is 5.91 Å². The van der Waals surface area contributed by atoms with E-state index in [-0.39, 0.29) is 12.1 Å². The standard InChI is InChI=1S/C13H16F3NO2/c1-2-10-3-5-11(6-4-10)12(19)17(7-8-18)9-13(14,15)16/h3-6,18H,2,7-9H2,1H3. The Balaban J connectivity index is 2.85. The highest BCUT2D eigenvalue weighted by Crippen LogP contribution is 2.18. The first-order valence-corrected chi connectivity index (χ1v) is 5.93. The molecule has 1 amide bonds. The molecule has 0 radical (unpaired) electrons. The second-order valence-corrected chi connectivity index (χ2v) is 4.12. The average molecular weight is 275 g/mol. The Bertz CT molecular complexity index is 415. The van der Waals surface area contributed by atoms with E-state index >= 15 is 0 Å². The van der Waals surface area contributed by atoms with Crippen LogP contribution in [0.5, 0.6) is 0 Å². The fourth-order valence-electron chi connectivity index (χ4n) is 1.66. The molecule has 0 unspecified atom stereocenters. The minimum absolute atomic E-state index is 0.190. The van der Waals surface area contributed by atoms with Crippen molar-refractivity contribution in [1.82, 2.24) is 4.90 Å². The molecule has 3 nitrogen and oxygen atoms in total. The van der Waals surface area contributed by atoms with Gasteiger partial charge in [-0.3, -0.25) is 4.79 Å². The van der Waals surface area contributed by atoms with Gasteiger partial charge in [-0.2, -0.15) is 13.2 Å². The number of carbonyl (C=O) groups is 1. The topological polar surface area (TPSA) is 40.5 Å². The van der Waals surface area contributed by atoms with E-state index in [1.54, 1.807) is 12.1 Å². The van der Waals surface area contributed by atoms with Crippen molar-refractivity contribution < 1.29 is 23.1 Å². The van der Waals surface area contributed by atoms with Gasteiger partial charge >= 0.3 is 6.18 Å². The average Bonchev–Trinajstić information content (AvgIpc) is 2.36. The van der Waals surface area contributed by atoms with E-state index in [4.69, 9.17) is 5.11 Å². The molecule has 0 saturated heterocycles. The second kappa shape index (κ2) is 6.56. The van der Waals surface area contributed by atoms with Gasteiger partial charge in [0.15, 0.2) is 0 Å². The van der Waals surface area contributed by atoms with Crippen LogP contribution >= 0.6 is 0 Å². The third-order valence-corrected chi connectivity index (χ3v) is 2.64. The molecule has 0 spiro atoms. The predicted octanol–water partition coefficient (Wildman–Crippen LogP) is 2.25. The lowest BCUT2D eigenvalue weighted by Crippen LogP contribution is -2.40. The number of aliphatic hydroxyl groups excluding tert-OH is 1. The molecule has 1 rings (SSSR count). The number of halogens is 3. The fourth-order valence-corrected chi connectivity index (χ4v) is 1.66. The van der Waals surface area contributed by atoms with Gasteiger partial charge in [-0.05, 0) is 24.1 Å². The van der Waals surface area contributed by atoms with Crippen LogP contribution < -0.4 is 0 Å². The Morgan fingerprint density at radius 2 is 1.84 bits per heavy atom. The summed E-state index contributed by atoms with van der Waals surface area (Å²) in [5.74, 6) is -0.728. The Labute approximate surface area is 109 Å². The van der Waals surface area contributed by atoms with E-state index in [1.165, 1.54) is 12.1 Å². The maximum absolute atomic E-state index is 12.3. The summed E-state index contributed by atoms with van der Waals surface area (Å²) in [7, 11) is 0. The highest BCUT2D eigenvalue weighted by atomic mass is 19.4. The number of hydrogen-bond donors (Lipinski definition) is 1. The molecule has 1 aromatic rings. The van der Waals surface area contributed by atoms with Crippen LogP contribution in [0.25, 0.3) is 0 Å². The van der Waals surface area contributed by atoms with Crippen LogP contribution in [0.2, 0.25) is 0 Å². The monoisotopic (exact) mass is 275 g/mol. The first kappa shape index (κ1) is 15.5. The summed E-state index contributed by atoms with van der Waals surface area (Å²) in [5, 5.41) is 8.75. The quantitative estimate of drug-likeness (QED) is 0.895. The summed E-state index contributed by atoms with van der Waals surface area (Å²) < 4.78 is 37.0. The van der Waals surface area contributed by atoms with Crippen LogP contribution in [-0.4, -0.2) is 41.8 Å². The predicted molar refractivity (Wildman–Crippen MR) is 64.9 cm³/mol. The third-order valence-electron chi connectivity index (χ3n) is 2.64. The molecule has 0 atom stereocenters. The van der Waals surface area contributed by atoms with Crippen LogP contribution in [0.1, 0.15) is 22.8 Å². The van der Waals surface area contributed by atoms with Gasteiger partial charge in [0.05, 0.1) is 6.61 Å². The van der Waals surface area contributed by atoms with Crippen molar-refractivity contribution in [1.29, 1.82) is 0 Å². The van der Waals surface area contributed by atoms with Crippen molar-refractivity contribution in [2.75, 3.05) is 19.7 Å². The van der Waals surface area contributed by atoms with E-state index in [2.05, 4.69) is 0 Å². The number of hydrogen-bond acceptors (Lipinski definition) is 2. The first-order chi connectivity index (χ1) is 8.87. The molecular formula is C13H16F3NO2. The first-order valence-electron chi connectivity index (χ1n) is 5.93. The highest BCUT2D eigenvalue weighted by Gasteiger charge is 2.33. The molecular weight excluding hydrogens is 259 g/mol. The molecule has 19 heavy (non-hydrogen) atoms. The number of aliphatic hydroxyl groups is 1. The van der Waals surface area contributed by atoms with Gasteiger partial charge in [0.2, 0.25) is 0 Å². The molecule has 0 fully saturated rings. The van der Waals surface area contributed by atoms with Crippen LogP contribution in [0.4, 0.5) is 13.2 Å². The molecule has 1 N–H and O–H groups in total. The summed E-state index contributed by atoms with van der Waals surface area (Å²) in [4.78, 5) is 12.5. The van der Waals surface area contributed by atoms with Gasteiger partial charge in [-0.15, -0.1) is 0 Å². The Hall–Kier alpha value is -1.56. The molecule has 0 aromatic heterocycles. The molecule has 0 aliphatic rings. The molecule has 0 heterocycles. The Morgan fingerprint density at radius 3 is 2.26 bits per heavy atom. The largest absolute Gasteiger partial charge is 0.406 e. The minimum Gasteiger partial charge on any atom is -0.395 e. The van der Waals surface area contributed by atoms with E-state index in [1.807, 2.05) is 6.92 Å². The molecule has 6 heteroatoms. The van der Waals surface area contributed by atoms with E-state index in [0.29, 0.717) is 4.90 Å². The number of rotatable bonds is 5. The smallest absolute Gasteiger partial charge is 0.395 e. The summed E-state index contributed by atoms with van der Waals surface area (Å²) in [5.41, 5.74) is 1.19. The third kappa shape index (κ3) is 4.90. The summed E-state index contributed by atoms with van der Waals surface area (Å²) in [6.45, 7) is -0.261. The van der Waals surface area contributed by atoms with Crippen molar-refractivity contribution in [2.45, 2.75) is 19.5 Å². The highest BCUT2D eigenvalue weighted by molar-refractivity contribution is 5.94. The lowest BCUT2D eigenvalue weighted by atomic mass is 10.1. The number of benzene rings is 1. The van der Waals surface area contributed by atoms with Crippen LogP contribution in [0, 0.1) is 0 Å². The summed E-state index contributed by atoms with van der Waals surface area (Å²) in [6, 6.07) is 6.42. The van der Waals surface area contributed by atoms with Crippen molar-refractivity contribution >= 4 is 5.91 Å². The zero-order valence-electron chi connectivity index (χ0n) is 10.6. The SMILES string of the molecule is CCc1ccc(C(=O)N(CCO)CC(F)(F)F)cc1. The van der Waals surface area contributed by atoms with Crippen molar-refractivity contribution in [3.63, 3.8) is 0 Å². The van der Waals surface area contributed by atoms with Gasteiger partial charge in [0.1, 0.15) is 6.54 Å². The Kier molecular flexibility index (Phi) is 5.35. The normalized spacial score (nSPS) is 11.4. The zero-order chi connectivity index (χ0) is 14.5. The fraction of sp³-hybridized carbons (Fsp3) is 0.462. The molecule has 0 saturated carbocycles. The van der Waals surface area contributed by atoms with Crippen molar-refractivity contribution in [2.24, 2.45) is 0 Å².